The van der Waals surface area contributed by atoms with E-state index in [1.165, 1.54) is 18.5 Å². The minimum absolute atomic E-state index is 0.0648. The van der Waals surface area contributed by atoms with Crippen LogP contribution in [0.3, 0.4) is 0 Å². The zero-order valence-corrected chi connectivity index (χ0v) is 16.3. The number of hydrogen-bond acceptors (Lipinski definition) is 5. The summed E-state index contributed by atoms with van der Waals surface area (Å²) >= 11 is 0. The average molecular weight is 418 g/mol. The van der Waals surface area contributed by atoms with Crippen molar-refractivity contribution in [3.05, 3.63) is 95.9 Å². The number of carbonyl (C=O) groups excluding carboxylic acids is 1. The summed E-state index contributed by atoms with van der Waals surface area (Å²) < 4.78 is 33.3. The highest BCUT2D eigenvalue weighted by Gasteiger charge is 2.18. The van der Waals surface area contributed by atoms with Gasteiger partial charge in [-0.05, 0) is 42.8 Å². The van der Waals surface area contributed by atoms with Crippen LogP contribution < -0.4 is 10.1 Å². The van der Waals surface area contributed by atoms with Crippen LogP contribution in [0.4, 0.5) is 14.6 Å². The van der Waals surface area contributed by atoms with Gasteiger partial charge in [-0.1, -0.05) is 18.2 Å². The number of anilines is 1. The molecule has 2 heterocycles. The molecule has 0 bridgehead atoms. The summed E-state index contributed by atoms with van der Waals surface area (Å²) in [6.07, 6.45) is 4.41. The van der Waals surface area contributed by atoms with Crippen molar-refractivity contribution < 1.29 is 18.3 Å². The molecule has 0 fully saturated rings. The van der Waals surface area contributed by atoms with Gasteiger partial charge in [0.1, 0.15) is 22.9 Å². The number of aryl methyl sites for hydroxylation is 1. The van der Waals surface area contributed by atoms with Gasteiger partial charge in [0.2, 0.25) is 5.88 Å². The minimum atomic E-state index is -0.956. The van der Waals surface area contributed by atoms with Crippen molar-refractivity contribution in [3.63, 3.8) is 0 Å². The number of halogens is 2. The van der Waals surface area contributed by atoms with E-state index < -0.39 is 23.1 Å². The van der Waals surface area contributed by atoms with Gasteiger partial charge < -0.3 is 10.1 Å². The first-order valence-electron chi connectivity index (χ1n) is 9.28. The van der Waals surface area contributed by atoms with E-state index in [0.29, 0.717) is 17.3 Å². The Balaban J connectivity index is 1.54. The highest BCUT2D eigenvalue weighted by molar-refractivity contribution is 6.04. The van der Waals surface area contributed by atoms with Crippen molar-refractivity contribution in [1.82, 2.24) is 15.0 Å². The molecule has 0 atom stereocenters. The summed E-state index contributed by atoms with van der Waals surface area (Å²) in [5, 5.41) is 2.35. The molecule has 0 aliphatic heterocycles. The maximum atomic E-state index is 13.8. The van der Waals surface area contributed by atoms with Crippen molar-refractivity contribution >= 4 is 11.7 Å². The van der Waals surface area contributed by atoms with E-state index in [1.807, 2.05) is 25.1 Å². The number of aromatic nitrogens is 3. The van der Waals surface area contributed by atoms with Crippen LogP contribution in [-0.2, 0) is 0 Å². The van der Waals surface area contributed by atoms with Gasteiger partial charge in [0.25, 0.3) is 5.91 Å². The predicted molar refractivity (Wildman–Crippen MR) is 111 cm³/mol. The maximum Gasteiger partial charge on any atom is 0.262 e. The van der Waals surface area contributed by atoms with Gasteiger partial charge in [-0.15, -0.1) is 0 Å². The number of nitrogens with one attached hydrogen (secondary N) is 1. The minimum Gasteiger partial charge on any atom is -0.439 e. The van der Waals surface area contributed by atoms with Crippen LogP contribution in [-0.4, -0.2) is 20.9 Å². The SMILES string of the molecule is Cc1ccc(Oc2ccccn2)cc1-c1cnc(NC(=O)c2c(F)cccc2F)cn1. The molecule has 4 rings (SSSR count). The molecular weight excluding hydrogens is 402 g/mol. The predicted octanol–water partition coefficient (Wildman–Crippen LogP) is 5.17. The van der Waals surface area contributed by atoms with Crippen LogP contribution in [0.5, 0.6) is 11.6 Å². The van der Waals surface area contributed by atoms with E-state index in [0.717, 1.165) is 23.3 Å². The largest absolute Gasteiger partial charge is 0.439 e. The van der Waals surface area contributed by atoms with Gasteiger partial charge >= 0.3 is 0 Å². The van der Waals surface area contributed by atoms with Gasteiger partial charge in [-0.3, -0.25) is 9.78 Å². The van der Waals surface area contributed by atoms with Crippen LogP contribution in [0.1, 0.15) is 15.9 Å². The highest BCUT2D eigenvalue weighted by atomic mass is 19.1. The van der Waals surface area contributed by atoms with Gasteiger partial charge in [0.05, 0.1) is 18.1 Å². The second-order valence-corrected chi connectivity index (χ2v) is 6.58. The molecule has 0 unspecified atom stereocenters. The standard InChI is InChI=1S/C23H16F2N4O2/c1-14-8-9-15(31-21-7-2-3-10-26-21)11-16(14)19-12-28-20(13-27-19)29-23(30)22-17(24)5-4-6-18(22)25/h2-13H,1H3,(H,28,29,30). The number of nitrogens with zero attached hydrogens (tertiary/aromatic N) is 3. The van der Waals surface area contributed by atoms with Gasteiger partial charge in [-0.2, -0.15) is 0 Å². The van der Waals surface area contributed by atoms with Gasteiger partial charge in [0.15, 0.2) is 5.82 Å². The Bertz CT molecular complexity index is 1210. The van der Waals surface area contributed by atoms with Crippen molar-refractivity contribution in [1.29, 1.82) is 0 Å². The number of carbonyl (C=O) groups is 1. The zero-order chi connectivity index (χ0) is 21.8. The van der Waals surface area contributed by atoms with Crippen LogP contribution in [0.25, 0.3) is 11.3 Å². The number of rotatable bonds is 5. The summed E-state index contributed by atoms with van der Waals surface area (Å²) in [5.41, 5.74) is 1.58. The molecule has 0 saturated carbocycles. The molecule has 6 nitrogen and oxygen atoms in total. The number of ether oxygens (including phenoxy) is 1. The molecule has 2 aromatic heterocycles. The molecule has 1 N–H and O–H groups in total. The van der Waals surface area contributed by atoms with E-state index in [4.69, 9.17) is 4.74 Å². The lowest BCUT2D eigenvalue weighted by atomic mass is 10.1. The Hall–Kier alpha value is -4.20. The quantitative estimate of drug-likeness (QED) is 0.484. The molecule has 0 aliphatic carbocycles. The van der Waals surface area contributed by atoms with E-state index >= 15 is 0 Å². The van der Waals surface area contributed by atoms with Crippen LogP contribution >= 0.6 is 0 Å². The van der Waals surface area contributed by atoms with Crippen LogP contribution in [0.15, 0.2) is 73.2 Å². The lowest BCUT2D eigenvalue weighted by Gasteiger charge is -2.10. The number of amides is 1. The average Bonchev–Trinajstić information content (AvgIpc) is 2.76. The summed E-state index contributed by atoms with van der Waals surface area (Å²) in [7, 11) is 0. The fraction of sp³-hybridized carbons (Fsp3) is 0.0435. The molecule has 31 heavy (non-hydrogen) atoms. The van der Waals surface area contributed by atoms with E-state index in [9.17, 15) is 13.6 Å². The lowest BCUT2D eigenvalue weighted by Crippen LogP contribution is -2.16. The first-order valence-corrected chi connectivity index (χ1v) is 9.28. The Morgan fingerprint density at radius 1 is 0.935 bits per heavy atom. The second-order valence-electron chi connectivity index (χ2n) is 6.58. The normalized spacial score (nSPS) is 10.5. The molecule has 0 radical (unpaired) electrons. The van der Waals surface area contributed by atoms with E-state index in [2.05, 4.69) is 20.3 Å². The molecule has 1 amide bonds. The second kappa shape index (κ2) is 8.66. The molecule has 2 aromatic carbocycles. The Labute approximate surface area is 176 Å². The third-order valence-corrected chi connectivity index (χ3v) is 4.43. The monoisotopic (exact) mass is 418 g/mol. The molecule has 4 aromatic rings. The third-order valence-electron chi connectivity index (χ3n) is 4.43. The smallest absolute Gasteiger partial charge is 0.262 e. The van der Waals surface area contributed by atoms with E-state index in [1.54, 1.807) is 24.4 Å². The van der Waals surface area contributed by atoms with Crippen LogP contribution in [0.2, 0.25) is 0 Å². The number of hydrogen-bond donors (Lipinski definition) is 1. The summed E-state index contributed by atoms with van der Waals surface area (Å²) in [6.45, 7) is 1.91. The Kier molecular flexibility index (Phi) is 5.61. The molecular formula is C23H16F2N4O2. The number of pyridine rings is 1. The zero-order valence-electron chi connectivity index (χ0n) is 16.3. The Morgan fingerprint density at radius 3 is 2.42 bits per heavy atom. The molecule has 0 aliphatic rings. The summed E-state index contributed by atoms with van der Waals surface area (Å²) in [4.78, 5) is 24.8. The molecule has 0 spiro atoms. The fourth-order valence-corrected chi connectivity index (χ4v) is 2.89. The van der Waals surface area contributed by atoms with Crippen molar-refractivity contribution in [2.75, 3.05) is 5.32 Å². The van der Waals surface area contributed by atoms with Crippen molar-refractivity contribution in [2.24, 2.45) is 0 Å². The summed E-state index contributed by atoms with van der Waals surface area (Å²) in [6, 6.07) is 14.1. The fourth-order valence-electron chi connectivity index (χ4n) is 2.89. The van der Waals surface area contributed by atoms with Crippen molar-refractivity contribution in [2.45, 2.75) is 6.92 Å². The molecule has 0 saturated heterocycles. The van der Waals surface area contributed by atoms with Crippen molar-refractivity contribution in [3.8, 4) is 22.9 Å². The molecule has 8 heteroatoms. The highest BCUT2D eigenvalue weighted by Crippen LogP contribution is 2.28. The van der Waals surface area contributed by atoms with Gasteiger partial charge in [0, 0.05) is 17.8 Å². The first-order chi connectivity index (χ1) is 15.0. The Morgan fingerprint density at radius 2 is 1.74 bits per heavy atom. The lowest BCUT2D eigenvalue weighted by molar-refractivity contribution is 0.101. The molecule has 154 valence electrons. The first kappa shape index (κ1) is 20.1. The number of benzene rings is 2. The van der Waals surface area contributed by atoms with Crippen LogP contribution in [0, 0.1) is 18.6 Å². The third kappa shape index (κ3) is 4.53. The topological polar surface area (TPSA) is 77.0 Å². The van der Waals surface area contributed by atoms with E-state index in [-0.39, 0.29) is 5.82 Å². The van der Waals surface area contributed by atoms with Gasteiger partial charge in [-0.25, -0.2) is 18.7 Å². The maximum absolute atomic E-state index is 13.8. The summed E-state index contributed by atoms with van der Waals surface area (Å²) in [5.74, 6) is -1.75.